The van der Waals surface area contributed by atoms with Crippen molar-refractivity contribution in [3.8, 4) is 0 Å². The SMILES string of the molecule is CN(C)c1ncc(CNc2cc(Cl)ccc2F)n1C. The van der Waals surface area contributed by atoms with Crippen molar-refractivity contribution in [1.82, 2.24) is 9.55 Å². The zero-order chi connectivity index (χ0) is 14.0. The maximum absolute atomic E-state index is 13.6. The van der Waals surface area contributed by atoms with Gasteiger partial charge >= 0.3 is 0 Å². The minimum absolute atomic E-state index is 0.320. The number of halogens is 2. The highest BCUT2D eigenvalue weighted by molar-refractivity contribution is 6.30. The number of nitrogens with one attached hydrogen (secondary N) is 1. The highest BCUT2D eigenvalue weighted by Crippen LogP contribution is 2.20. The van der Waals surface area contributed by atoms with Gasteiger partial charge in [-0.15, -0.1) is 0 Å². The predicted octanol–water partition coefficient (Wildman–Crippen LogP) is 2.89. The third-order valence-electron chi connectivity index (χ3n) is 2.85. The number of imidazole rings is 1. The van der Waals surface area contributed by atoms with Crippen LogP contribution >= 0.6 is 11.6 Å². The molecule has 0 fully saturated rings. The van der Waals surface area contributed by atoms with E-state index in [1.807, 2.05) is 30.6 Å². The van der Waals surface area contributed by atoms with Crippen molar-refractivity contribution in [1.29, 1.82) is 0 Å². The minimum Gasteiger partial charge on any atom is -0.377 e. The quantitative estimate of drug-likeness (QED) is 0.936. The van der Waals surface area contributed by atoms with Crippen molar-refractivity contribution >= 4 is 23.2 Å². The van der Waals surface area contributed by atoms with Crippen molar-refractivity contribution in [2.24, 2.45) is 7.05 Å². The Morgan fingerprint density at radius 2 is 2.16 bits per heavy atom. The molecule has 0 amide bonds. The predicted molar refractivity (Wildman–Crippen MR) is 76.3 cm³/mol. The van der Waals surface area contributed by atoms with Crippen LogP contribution in [0.1, 0.15) is 5.69 Å². The number of hydrogen-bond acceptors (Lipinski definition) is 3. The minimum atomic E-state index is -0.320. The first-order valence-electron chi connectivity index (χ1n) is 5.86. The molecule has 2 rings (SSSR count). The molecular formula is C13H16ClFN4. The summed E-state index contributed by atoms with van der Waals surface area (Å²) in [5.74, 6) is 0.530. The fraction of sp³-hybridized carbons (Fsp3) is 0.308. The smallest absolute Gasteiger partial charge is 0.204 e. The van der Waals surface area contributed by atoms with Gasteiger partial charge in [-0.2, -0.15) is 0 Å². The number of hydrogen-bond donors (Lipinski definition) is 1. The molecule has 0 radical (unpaired) electrons. The molecule has 0 saturated carbocycles. The Balaban J connectivity index is 2.12. The second-order valence-electron chi connectivity index (χ2n) is 4.48. The lowest BCUT2D eigenvalue weighted by atomic mass is 10.3. The molecule has 0 bridgehead atoms. The third kappa shape index (κ3) is 2.98. The Labute approximate surface area is 116 Å². The van der Waals surface area contributed by atoms with E-state index in [-0.39, 0.29) is 5.82 Å². The van der Waals surface area contributed by atoms with E-state index in [9.17, 15) is 4.39 Å². The summed E-state index contributed by atoms with van der Waals surface area (Å²) in [5.41, 5.74) is 1.35. The van der Waals surface area contributed by atoms with Crippen LogP contribution in [-0.2, 0) is 13.6 Å². The molecule has 4 nitrogen and oxygen atoms in total. The summed E-state index contributed by atoms with van der Waals surface area (Å²) in [4.78, 5) is 6.22. The summed E-state index contributed by atoms with van der Waals surface area (Å²) in [6, 6.07) is 4.44. The van der Waals surface area contributed by atoms with Crippen LogP contribution < -0.4 is 10.2 Å². The fourth-order valence-corrected chi connectivity index (χ4v) is 2.00. The highest BCUT2D eigenvalue weighted by atomic mass is 35.5. The average molecular weight is 283 g/mol. The molecule has 0 saturated heterocycles. The Morgan fingerprint density at radius 3 is 2.79 bits per heavy atom. The van der Waals surface area contributed by atoms with E-state index in [1.165, 1.54) is 12.1 Å². The summed E-state index contributed by atoms with van der Waals surface area (Å²) < 4.78 is 15.5. The molecule has 0 aliphatic rings. The highest BCUT2D eigenvalue weighted by Gasteiger charge is 2.09. The van der Waals surface area contributed by atoms with Crippen LogP contribution in [0.2, 0.25) is 5.02 Å². The topological polar surface area (TPSA) is 33.1 Å². The number of nitrogens with zero attached hydrogens (tertiary/aromatic N) is 3. The fourth-order valence-electron chi connectivity index (χ4n) is 1.83. The molecule has 0 aliphatic heterocycles. The lowest BCUT2D eigenvalue weighted by molar-refractivity contribution is 0.629. The van der Waals surface area contributed by atoms with E-state index in [0.717, 1.165) is 11.6 Å². The summed E-state index contributed by atoms with van der Waals surface area (Å²) in [6.07, 6.45) is 1.77. The molecule has 0 aliphatic carbocycles. The van der Waals surface area contributed by atoms with Gasteiger partial charge in [-0.25, -0.2) is 9.37 Å². The van der Waals surface area contributed by atoms with Gasteiger partial charge in [-0.1, -0.05) is 11.6 Å². The molecule has 19 heavy (non-hydrogen) atoms. The van der Waals surface area contributed by atoms with Crippen LogP contribution in [0.5, 0.6) is 0 Å². The van der Waals surface area contributed by atoms with E-state index in [2.05, 4.69) is 10.3 Å². The van der Waals surface area contributed by atoms with Crippen molar-refractivity contribution in [3.05, 3.63) is 40.9 Å². The number of aromatic nitrogens is 2. The Hall–Kier alpha value is -1.75. The van der Waals surface area contributed by atoms with Crippen molar-refractivity contribution in [2.75, 3.05) is 24.3 Å². The van der Waals surface area contributed by atoms with Crippen molar-refractivity contribution in [2.45, 2.75) is 6.54 Å². The van der Waals surface area contributed by atoms with Gasteiger partial charge in [0, 0.05) is 26.2 Å². The van der Waals surface area contributed by atoms with Gasteiger partial charge in [0.1, 0.15) is 5.82 Å². The van der Waals surface area contributed by atoms with Gasteiger partial charge in [-0.05, 0) is 18.2 Å². The van der Waals surface area contributed by atoms with Crippen LogP contribution in [0.3, 0.4) is 0 Å². The molecule has 0 atom stereocenters. The van der Waals surface area contributed by atoms with Gasteiger partial charge in [0.25, 0.3) is 0 Å². The van der Waals surface area contributed by atoms with E-state index in [1.54, 1.807) is 12.3 Å². The normalized spacial score (nSPS) is 10.6. The molecule has 0 unspecified atom stereocenters. The van der Waals surface area contributed by atoms with E-state index in [0.29, 0.717) is 17.3 Å². The monoisotopic (exact) mass is 282 g/mol. The molecule has 1 heterocycles. The van der Waals surface area contributed by atoms with Crippen LogP contribution in [-0.4, -0.2) is 23.6 Å². The lowest BCUT2D eigenvalue weighted by Crippen LogP contribution is -2.15. The number of rotatable bonds is 4. The maximum Gasteiger partial charge on any atom is 0.204 e. The molecule has 0 spiro atoms. The Bertz CT molecular complexity index is 580. The van der Waals surface area contributed by atoms with Gasteiger partial charge in [0.05, 0.1) is 24.1 Å². The van der Waals surface area contributed by atoms with Crippen LogP contribution in [0.15, 0.2) is 24.4 Å². The lowest BCUT2D eigenvalue weighted by Gasteiger charge is -2.13. The van der Waals surface area contributed by atoms with Crippen molar-refractivity contribution in [3.63, 3.8) is 0 Å². The average Bonchev–Trinajstić information content (AvgIpc) is 2.72. The van der Waals surface area contributed by atoms with Gasteiger partial charge < -0.3 is 14.8 Å². The Kier molecular flexibility index (Phi) is 3.95. The van der Waals surface area contributed by atoms with Gasteiger partial charge in [0.2, 0.25) is 5.95 Å². The standard InChI is InChI=1S/C13H16ClFN4/c1-18(2)13-17-8-10(19(13)3)7-16-12-6-9(14)4-5-11(12)15/h4-6,8,16H,7H2,1-3H3. The molecule has 102 valence electrons. The second-order valence-corrected chi connectivity index (χ2v) is 4.92. The molecule has 6 heteroatoms. The van der Waals surface area contributed by atoms with E-state index >= 15 is 0 Å². The van der Waals surface area contributed by atoms with E-state index in [4.69, 9.17) is 11.6 Å². The second kappa shape index (κ2) is 5.48. The molecular weight excluding hydrogens is 267 g/mol. The van der Waals surface area contributed by atoms with E-state index < -0.39 is 0 Å². The first kappa shape index (κ1) is 13.7. The first-order chi connectivity index (χ1) is 8.99. The maximum atomic E-state index is 13.6. The van der Waals surface area contributed by atoms with Crippen LogP contribution in [0, 0.1) is 5.82 Å². The van der Waals surface area contributed by atoms with Crippen LogP contribution in [0.25, 0.3) is 0 Å². The zero-order valence-corrected chi connectivity index (χ0v) is 11.9. The largest absolute Gasteiger partial charge is 0.377 e. The van der Waals surface area contributed by atoms with Gasteiger partial charge in [0.15, 0.2) is 0 Å². The Morgan fingerprint density at radius 1 is 1.42 bits per heavy atom. The summed E-state index contributed by atoms with van der Waals surface area (Å²) in [5, 5.41) is 3.53. The molecule has 1 N–H and O–H groups in total. The number of benzene rings is 1. The molecule has 1 aromatic heterocycles. The first-order valence-corrected chi connectivity index (χ1v) is 6.23. The van der Waals surface area contributed by atoms with Gasteiger partial charge in [-0.3, -0.25) is 0 Å². The molecule has 2 aromatic rings. The van der Waals surface area contributed by atoms with Crippen molar-refractivity contribution < 1.29 is 4.39 Å². The van der Waals surface area contributed by atoms with Crippen LogP contribution in [0.4, 0.5) is 16.0 Å². The number of anilines is 2. The zero-order valence-electron chi connectivity index (χ0n) is 11.1. The third-order valence-corrected chi connectivity index (χ3v) is 3.08. The summed E-state index contributed by atoms with van der Waals surface area (Å²) >= 11 is 5.84. The molecule has 1 aromatic carbocycles. The summed E-state index contributed by atoms with van der Waals surface area (Å²) in [7, 11) is 5.78. The summed E-state index contributed by atoms with van der Waals surface area (Å²) in [6.45, 7) is 0.481.